The molecular weight excluding hydrogens is 262 g/mol. The molecule has 0 fully saturated rings. The Kier molecular flexibility index (Phi) is 7.03. The molecule has 0 saturated heterocycles. The number of ether oxygens (including phenoxy) is 1. The molecule has 1 aliphatic rings. The molecule has 1 heterocycles. The van der Waals surface area contributed by atoms with Gasteiger partial charge in [-0.05, 0) is 19.9 Å². The van der Waals surface area contributed by atoms with Crippen LogP contribution in [0.1, 0.15) is 20.3 Å². The van der Waals surface area contributed by atoms with Gasteiger partial charge in [-0.2, -0.15) is 0 Å². The molecule has 0 bridgehead atoms. The van der Waals surface area contributed by atoms with Crippen LogP contribution in [-0.2, 0) is 9.53 Å². The number of rotatable bonds is 8. The van der Waals surface area contributed by atoms with E-state index in [-0.39, 0.29) is 19.2 Å². The number of aliphatic hydroxyl groups excluding tert-OH is 1. The predicted molar refractivity (Wildman–Crippen MR) is 74.0 cm³/mol. The lowest BCUT2D eigenvalue weighted by Gasteiger charge is -2.27. The van der Waals surface area contributed by atoms with Crippen molar-refractivity contribution in [3.05, 3.63) is 11.3 Å². The van der Waals surface area contributed by atoms with Gasteiger partial charge in [0.1, 0.15) is 0 Å². The van der Waals surface area contributed by atoms with Crippen molar-refractivity contribution in [1.82, 2.24) is 15.5 Å². The average Bonchev–Trinajstić information content (AvgIpc) is 2.39. The van der Waals surface area contributed by atoms with E-state index in [1.54, 1.807) is 6.92 Å². The highest BCUT2D eigenvalue weighted by Gasteiger charge is 2.24. The number of nitrogens with one attached hydrogen (secondary N) is 2. The number of hydrogen-bond acceptors (Lipinski definition) is 5. The molecule has 7 heteroatoms. The average molecular weight is 285 g/mol. The van der Waals surface area contributed by atoms with E-state index in [1.165, 1.54) is 0 Å². The van der Waals surface area contributed by atoms with Gasteiger partial charge in [-0.3, -0.25) is 4.90 Å². The number of amides is 2. The summed E-state index contributed by atoms with van der Waals surface area (Å²) in [7, 11) is 0. The van der Waals surface area contributed by atoms with E-state index in [4.69, 9.17) is 9.84 Å². The number of nitrogens with zero attached hydrogens (tertiary/aromatic N) is 1. The fourth-order valence-corrected chi connectivity index (χ4v) is 2.03. The van der Waals surface area contributed by atoms with Crippen LogP contribution in [0.4, 0.5) is 4.79 Å². The molecule has 1 rings (SSSR count). The highest BCUT2D eigenvalue weighted by molar-refractivity contribution is 5.93. The molecule has 114 valence electrons. The number of carbonyl (C=O) groups excluding carboxylic acids is 2. The molecular formula is C13H23N3O4. The van der Waals surface area contributed by atoms with Crippen LogP contribution in [0.2, 0.25) is 0 Å². The summed E-state index contributed by atoms with van der Waals surface area (Å²) in [5.41, 5.74) is 0.986. The van der Waals surface area contributed by atoms with Crippen molar-refractivity contribution in [2.24, 2.45) is 0 Å². The van der Waals surface area contributed by atoms with Crippen molar-refractivity contribution in [3.8, 4) is 0 Å². The molecule has 7 nitrogen and oxygen atoms in total. The van der Waals surface area contributed by atoms with Crippen LogP contribution in [0.25, 0.3) is 0 Å². The first kappa shape index (κ1) is 16.5. The Morgan fingerprint density at radius 3 is 2.75 bits per heavy atom. The first-order valence-electron chi connectivity index (χ1n) is 6.89. The third-order valence-corrected chi connectivity index (χ3v) is 2.91. The van der Waals surface area contributed by atoms with Gasteiger partial charge in [-0.1, -0.05) is 6.92 Å². The molecule has 0 unspecified atom stereocenters. The van der Waals surface area contributed by atoms with Crippen molar-refractivity contribution in [1.29, 1.82) is 0 Å². The van der Waals surface area contributed by atoms with Gasteiger partial charge in [-0.15, -0.1) is 0 Å². The summed E-state index contributed by atoms with van der Waals surface area (Å²) < 4.78 is 4.99. The van der Waals surface area contributed by atoms with Crippen molar-refractivity contribution in [2.75, 3.05) is 39.4 Å². The molecule has 2 amide bonds. The summed E-state index contributed by atoms with van der Waals surface area (Å²) in [6.45, 7) is 5.95. The zero-order chi connectivity index (χ0) is 15.0. The fraction of sp³-hybridized carbons (Fsp3) is 0.692. The highest BCUT2D eigenvalue weighted by atomic mass is 16.5. The maximum Gasteiger partial charge on any atom is 0.337 e. The Morgan fingerprint density at radius 2 is 2.15 bits per heavy atom. The van der Waals surface area contributed by atoms with Gasteiger partial charge in [0.05, 0.1) is 25.3 Å². The first-order valence-corrected chi connectivity index (χ1v) is 6.89. The fourth-order valence-electron chi connectivity index (χ4n) is 2.03. The number of carbonyl (C=O) groups is 2. The second-order valence-electron chi connectivity index (χ2n) is 4.49. The van der Waals surface area contributed by atoms with Crippen LogP contribution in [0.15, 0.2) is 11.3 Å². The summed E-state index contributed by atoms with van der Waals surface area (Å²) in [5.74, 6) is -0.421. The van der Waals surface area contributed by atoms with Crippen LogP contribution < -0.4 is 10.6 Å². The molecule has 3 N–H and O–H groups in total. The molecule has 0 spiro atoms. The monoisotopic (exact) mass is 285 g/mol. The summed E-state index contributed by atoms with van der Waals surface area (Å²) in [6, 6.07) is -0.325. The zero-order valence-corrected chi connectivity index (χ0v) is 12.1. The van der Waals surface area contributed by atoms with Gasteiger partial charge in [-0.25, -0.2) is 9.59 Å². The van der Waals surface area contributed by atoms with E-state index in [0.717, 1.165) is 13.0 Å². The Bertz CT molecular complexity index is 376. The molecule has 0 aromatic carbocycles. The van der Waals surface area contributed by atoms with Crippen molar-refractivity contribution in [3.63, 3.8) is 0 Å². The van der Waals surface area contributed by atoms with Crippen LogP contribution in [0.3, 0.4) is 0 Å². The number of esters is 1. The van der Waals surface area contributed by atoms with Crippen molar-refractivity contribution >= 4 is 12.0 Å². The van der Waals surface area contributed by atoms with Crippen LogP contribution in [0, 0.1) is 0 Å². The van der Waals surface area contributed by atoms with Gasteiger partial charge in [0.2, 0.25) is 0 Å². The maximum atomic E-state index is 11.9. The van der Waals surface area contributed by atoms with Gasteiger partial charge >= 0.3 is 12.0 Å². The van der Waals surface area contributed by atoms with Crippen molar-refractivity contribution in [2.45, 2.75) is 20.3 Å². The Hall–Kier alpha value is -1.60. The van der Waals surface area contributed by atoms with Gasteiger partial charge in [0.25, 0.3) is 0 Å². The molecule has 0 aromatic heterocycles. The normalized spacial score (nSPS) is 15.1. The number of hydrogen-bond donors (Lipinski definition) is 3. The van der Waals surface area contributed by atoms with Gasteiger partial charge < -0.3 is 20.5 Å². The maximum absolute atomic E-state index is 11.9. The summed E-state index contributed by atoms with van der Waals surface area (Å²) in [5, 5.41) is 14.3. The smallest absolute Gasteiger partial charge is 0.337 e. The minimum atomic E-state index is -0.421. The Labute approximate surface area is 119 Å². The number of urea groups is 1. The molecule has 0 atom stereocenters. The van der Waals surface area contributed by atoms with E-state index in [1.807, 2.05) is 11.8 Å². The van der Waals surface area contributed by atoms with E-state index >= 15 is 0 Å². The molecule has 20 heavy (non-hydrogen) atoms. The summed E-state index contributed by atoms with van der Waals surface area (Å²) in [6.07, 6.45) is 0.925. The van der Waals surface area contributed by atoms with E-state index < -0.39 is 5.97 Å². The third-order valence-electron chi connectivity index (χ3n) is 2.91. The first-order chi connectivity index (χ1) is 9.62. The molecule has 0 aliphatic carbocycles. The predicted octanol–water partition coefficient (Wildman–Crippen LogP) is -0.179. The number of aliphatic hydroxyl groups is 1. The standard InChI is InChI=1S/C13H23N3O4/c1-3-5-16(6-7-17)9-11-10(12(18)20-4-2)8-14-13(19)15-11/h17H,3-9H2,1-2H3,(H2,14,15,19). The van der Waals surface area contributed by atoms with E-state index in [0.29, 0.717) is 31.0 Å². The lowest BCUT2D eigenvalue weighted by atomic mass is 10.1. The van der Waals surface area contributed by atoms with E-state index in [9.17, 15) is 9.59 Å². The molecule has 0 saturated carbocycles. The van der Waals surface area contributed by atoms with Crippen LogP contribution >= 0.6 is 0 Å². The second-order valence-corrected chi connectivity index (χ2v) is 4.49. The summed E-state index contributed by atoms with van der Waals surface area (Å²) >= 11 is 0. The SMILES string of the molecule is CCCN(CCO)CC1=C(C(=O)OCC)CNC(=O)N1. The topological polar surface area (TPSA) is 90.9 Å². The Morgan fingerprint density at radius 1 is 1.40 bits per heavy atom. The molecule has 0 aromatic rings. The minimum absolute atomic E-state index is 0.0359. The zero-order valence-electron chi connectivity index (χ0n) is 12.1. The third kappa shape index (κ3) is 4.82. The lowest BCUT2D eigenvalue weighted by Crippen LogP contribution is -2.47. The quantitative estimate of drug-likeness (QED) is 0.538. The van der Waals surface area contributed by atoms with Crippen LogP contribution in [-0.4, -0.2) is 61.4 Å². The Balaban J connectivity index is 2.86. The van der Waals surface area contributed by atoms with Gasteiger partial charge in [0, 0.05) is 18.8 Å². The van der Waals surface area contributed by atoms with E-state index in [2.05, 4.69) is 10.6 Å². The highest BCUT2D eigenvalue weighted by Crippen LogP contribution is 2.10. The van der Waals surface area contributed by atoms with Crippen LogP contribution in [0.5, 0.6) is 0 Å². The largest absolute Gasteiger partial charge is 0.463 e. The van der Waals surface area contributed by atoms with Gasteiger partial charge in [0.15, 0.2) is 0 Å². The van der Waals surface area contributed by atoms with Crippen molar-refractivity contribution < 1.29 is 19.4 Å². The second kappa shape index (κ2) is 8.55. The lowest BCUT2D eigenvalue weighted by molar-refractivity contribution is -0.138. The summed E-state index contributed by atoms with van der Waals surface area (Å²) in [4.78, 5) is 25.3. The molecule has 0 radical (unpaired) electrons. The molecule has 1 aliphatic heterocycles. The minimum Gasteiger partial charge on any atom is -0.463 e.